The van der Waals surface area contributed by atoms with Gasteiger partial charge in [0.05, 0.1) is 23.1 Å². The van der Waals surface area contributed by atoms with E-state index in [-0.39, 0.29) is 5.54 Å². The molecule has 0 atom stereocenters. The predicted molar refractivity (Wildman–Crippen MR) is 83.9 cm³/mol. The molecule has 0 aliphatic carbocycles. The van der Waals surface area contributed by atoms with E-state index in [4.69, 9.17) is 11.6 Å². The van der Waals surface area contributed by atoms with Crippen molar-refractivity contribution in [2.75, 3.05) is 0 Å². The molecule has 3 aromatic rings. The van der Waals surface area contributed by atoms with E-state index in [0.29, 0.717) is 11.6 Å². The van der Waals surface area contributed by atoms with Crippen LogP contribution < -0.4 is 5.32 Å². The lowest BCUT2D eigenvalue weighted by atomic mass is 10.1. The Hall–Kier alpha value is -1.85. The highest BCUT2D eigenvalue weighted by Gasteiger charge is 2.17. The number of nitrogens with zero attached hydrogens (tertiary/aromatic N) is 4. The highest BCUT2D eigenvalue weighted by Crippen LogP contribution is 2.19. The zero-order valence-corrected chi connectivity index (χ0v) is 13.1. The quantitative estimate of drug-likeness (QED) is 0.809. The SMILES string of the molecule is CC(C)(C)NCc1c(-n2cc(Cl)cn2)nc2ccccn12. The number of halogens is 1. The van der Waals surface area contributed by atoms with E-state index in [9.17, 15) is 0 Å². The molecule has 0 saturated carbocycles. The summed E-state index contributed by atoms with van der Waals surface area (Å²) in [4.78, 5) is 4.66. The van der Waals surface area contributed by atoms with Crippen molar-refractivity contribution in [1.82, 2.24) is 24.5 Å². The molecule has 3 rings (SSSR count). The molecule has 0 unspecified atom stereocenters. The van der Waals surface area contributed by atoms with Gasteiger partial charge in [-0.3, -0.25) is 0 Å². The van der Waals surface area contributed by atoms with Gasteiger partial charge in [0.25, 0.3) is 0 Å². The fraction of sp³-hybridized carbons (Fsp3) is 0.333. The zero-order chi connectivity index (χ0) is 15.0. The molecule has 3 aromatic heterocycles. The van der Waals surface area contributed by atoms with Crippen LogP contribution in [0.5, 0.6) is 0 Å². The molecule has 0 bridgehead atoms. The van der Waals surface area contributed by atoms with Gasteiger partial charge in [-0.05, 0) is 32.9 Å². The molecule has 0 aliphatic heterocycles. The Morgan fingerprint density at radius 1 is 1.29 bits per heavy atom. The summed E-state index contributed by atoms with van der Waals surface area (Å²) < 4.78 is 3.79. The normalized spacial score (nSPS) is 12.2. The molecule has 0 fully saturated rings. The van der Waals surface area contributed by atoms with Crippen LogP contribution in [0.3, 0.4) is 0 Å². The number of rotatable bonds is 3. The van der Waals surface area contributed by atoms with Crippen LogP contribution in [0, 0.1) is 0 Å². The molecule has 0 aromatic carbocycles. The number of aromatic nitrogens is 4. The summed E-state index contributed by atoms with van der Waals surface area (Å²) in [6.45, 7) is 7.11. The highest BCUT2D eigenvalue weighted by molar-refractivity contribution is 6.30. The fourth-order valence-electron chi connectivity index (χ4n) is 2.15. The number of hydrogen-bond donors (Lipinski definition) is 1. The van der Waals surface area contributed by atoms with Crippen LogP contribution in [0.4, 0.5) is 0 Å². The maximum absolute atomic E-state index is 5.98. The average Bonchev–Trinajstić information content (AvgIpc) is 2.99. The molecule has 0 saturated heterocycles. The van der Waals surface area contributed by atoms with Gasteiger partial charge < -0.3 is 9.72 Å². The van der Waals surface area contributed by atoms with Gasteiger partial charge in [-0.2, -0.15) is 5.10 Å². The Bertz CT molecular complexity index is 766. The maximum Gasteiger partial charge on any atom is 0.176 e. The zero-order valence-electron chi connectivity index (χ0n) is 12.3. The minimum Gasteiger partial charge on any atom is -0.306 e. The molecule has 6 heteroatoms. The van der Waals surface area contributed by atoms with E-state index in [0.717, 1.165) is 17.2 Å². The molecule has 21 heavy (non-hydrogen) atoms. The molecular formula is C15H18ClN5. The van der Waals surface area contributed by atoms with E-state index >= 15 is 0 Å². The van der Waals surface area contributed by atoms with Crippen molar-refractivity contribution in [3.8, 4) is 5.82 Å². The Kier molecular flexibility index (Phi) is 3.47. The second-order valence-corrected chi connectivity index (χ2v) is 6.45. The lowest BCUT2D eigenvalue weighted by molar-refractivity contribution is 0.420. The average molecular weight is 304 g/mol. The smallest absolute Gasteiger partial charge is 0.176 e. The van der Waals surface area contributed by atoms with Crippen molar-refractivity contribution in [1.29, 1.82) is 0 Å². The summed E-state index contributed by atoms with van der Waals surface area (Å²) in [5.41, 5.74) is 1.97. The minimum absolute atomic E-state index is 0.0258. The van der Waals surface area contributed by atoms with E-state index in [2.05, 4.69) is 40.6 Å². The van der Waals surface area contributed by atoms with Crippen LogP contribution in [0.2, 0.25) is 5.02 Å². The summed E-state index contributed by atoms with van der Waals surface area (Å²) in [7, 11) is 0. The van der Waals surface area contributed by atoms with E-state index in [1.54, 1.807) is 17.1 Å². The van der Waals surface area contributed by atoms with Gasteiger partial charge in [0.2, 0.25) is 0 Å². The molecule has 1 N–H and O–H groups in total. The molecule has 0 spiro atoms. The number of imidazole rings is 1. The third kappa shape index (κ3) is 2.94. The Morgan fingerprint density at radius 2 is 2.10 bits per heavy atom. The van der Waals surface area contributed by atoms with Crippen molar-refractivity contribution in [3.05, 3.63) is 47.5 Å². The first-order valence-corrected chi connectivity index (χ1v) is 7.23. The molecule has 3 heterocycles. The number of pyridine rings is 1. The van der Waals surface area contributed by atoms with Crippen molar-refractivity contribution >= 4 is 17.2 Å². The first-order chi connectivity index (χ1) is 9.94. The molecule has 0 amide bonds. The van der Waals surface area contributed by atoms with E-state index < -0.39 is 0 Å². The number of nitrogens with one attached hydrogen (secondary N) is 1. The summed E-state index contributed by atoms with van der Waals surface area (Å²) >= 11 is 5.98. The first-order valence-electron chi connectivity index (χ1n) is 6.85. The summed E-state index contributed by atoms with van der Waals surface area (Å²) in [6, 6.07) is 5.95. The van der Waals surface area contributed by atoms with Crippen molar-refractivity contribution in [3.63, 3.8) is 0 Å². The predicted octanol–water partition coefficient (Wildman–Crippen LogP) is 3.06. The lowest BCUT2D eigenvalue weighted by Crippen LogP contribution is -2.35. The van der Waals surface area contributed by atoms with Crippen molar-refractivity contribution in [2.45, 2.75) is 32.9 Å². The molecule has 0 radical (unpaired) electrons. The summed E-state index contributed by atoms with van der Waals surface area (Å²) in [6.07, 6.45) is 5.40. The van der Waals surface area contributed by atoms with E-state index in [1.165, 1.54) is 0 Å². The highest BCUT2D eigenvalue weighted by atomic mass is 35.5. The van der Waals surface area contributed by atoms with Gasteiger partial charge in [-0.15, -0.1) is 0 Å². The third-order valence-corrected chi connectivity index (χ3v) is 3.36. The lowest BCUT2D eigenvalue weighted by Gasteiger charge is -2.20. The van der Waals surface area contributed by atoms with Gasteiger partial charge in [0.1, 0.15) is 5.65 Å². The topological polar surface area (TPSA) is 47.2 Å². The molecule has 0 aliphatic rings. The van der Waals surface area contributed by atoms with Crippen LogP contribution in [-0.2, 0) is 6.54 Å². The van der Waals surface area contributed by atoms with Crippen LogP contribution in [0.1, 0.15) is 26.5 Å². The number of hydrogen-bond acceptors (Lipinski definition) is 3. The van der Waals surface area contributed by atoms with Gasteiger partial charge in [-0.25, -0.2) is 9.67 Å². The molecule has 110 valence electrons. The minimum atomic E-state index is 0.0258. The summed E-state index contributed by atoms with van der Waals surface area (Å²) in [5, 5.41) is 8.36. The van der Waals surface area contributed by atoms with Crippen LogP contribution in [-0.4, -0.2) is 24.7 Å². The largest absolute Gasteiger partial charge is 0.306 e. The molecular weight excluding hydrogens is 286 g/mol. The van der Waals surface area contributed by atoms with Crippen LogP contribution in [0.15, 0.2) is 36.8 Å². The second-order valence-electron chi connectivity index (χ2n) is 6.02. The summed E-state index contributed by atoms with van der Waals surface area (Å²) in [5.74, 6) is 0.796. The standard InChI is InChI=1S/C15H18ClN5/c1-15(2,3)17-9-12-14(21-10-11(16)8-18-21)19-13-6-4-5-7-20(12)13/h4-8,10,17H,9H2,1-3H3. The van der Waals surface area contributed by atoms with Crippen molar-refractivity contribution < 1.29 is 0 Å². The Labute approximate surface area is 128 Å². The molecule has 5 nitrogen and oxygen atoms in total. The van der Waals surface area contributed by atoms with E-state index in [1.807, 2.05) is 24.4 Å². The second kappa shape index (κ2) is 5.16. The van der Waals surface area contributed by atoms with Crippen LogP contribution in [0.25, 0.3) is 11.5 Å². The fourth-order valence-corrected chi connectivity index (χ4v) is 2.28. The van der Waals surface area contributed by atoms with Gasteiger partial charge in [0.15, 0.2) is 5.82 Å². The Balaban J connectivity index is 2.10. The van der Waals surface area contributed by atoms with Crippen molar-refractivity contribution in [2.24, 2.45) is 0 Å². The Morgan fingerprint density at radius 3 is 2.76 bits per heavy atom. The van der Waals surface area contributed by atoms with Gasteiger partial charge in [0, 0.05) is 18.3 Å². The van der Waals surface area contributed by atoms with Crippen LogP contribution >= 0.6 is 11.6 Å². The third-order valence-electron chi connectivity index (χ3n) is 3.16. The van der Waals surface area contributed by atoms with Gasteiger partial charge >= 0.3 is 0 Å². The maximum atomic E-state index is 5.98. The van der Waals surface area contributed by atoms with Gasteiger partial charge in [-0.1, -0.05) is 17.7 Å². The monoisotopic (exact) mass is 303 g/mol. The first kappa shape index (κ1) is 14.1. The number of fused-ring (bicyclic) bond motifs is 1.